The summed E-state index contributed by atoms with van der Waals surface area (Å²) in [7, 11) is 0. The van der Waals surface area contributed by atoms with E-state index in [0.717, 1.165) is 47.2 Å². The zero-order valence-electron chi connectivity index (χ0n) is 30.3. The summed E-state index contributed by atoms with van der Waals surface area (Å²) in [5.74, 6) is 0.286. The number of fused-ring (bicyclic) bond motifs is 6. The van der Waals surface area contributed by atoms with Crippen LogP contribution in [0.3, 0.4) is 0 Å². The fourth-order valence-corrected chi connectivity index (χ4v) is 7.25. The molecule has 0 saturated heterocycles. The molecular formula is C43H49IrN2O2S-. The average Bonchev–Trinajstić information content (AvgIpc) is 3.50. The Hall–Kier alpha value is -3.44. The van der Waals surface area contributed by atoms with Gasteiger partial charge < -0.3 is 5.11 Å². The van der Waals surface area contributed by atoms with E-state index >= 15 is 0 Å². The van der Waals surface area contributed by atoms with Crippen molar-refractivity contribution in [1.29, 1.82) is 0 Å². The van der Waals surface area contributed by atoms with Crippen LogP contribution in [0.5, 0.6) is 0 Å². The van der Waals surface area contributed by atoms with E-state index in [4.69, 9.17) is 9.97 Å². The van der Waals surface area contributed by atoms with Gasteiger partial charge in [0.15, 0.2) is 5.78 Å². The van der Waals surface area contributed by atoms with Gasteiger partial charge in [-0.3, -0.25) is 9.78 Å². The molecule has 1 radical (unpaired) electrons. The Labute approximate surface area is 309 Å². The maximum Gasteiger partial charge on any atom is 0.164 e. The van der Waals surface area contributed by atoms with Gasteiger partial charge in [-0.1, -0.05) is 116 Å². The number of aliphatic hydroxyl groups is 1. The fraction of sp³-hybridized carbons (Fsp3) is 0.372. The first-order chi connectivity index (χ1) is 22.8. The molecule has 2 aromatic heterocycles. The molecule has 6 heteroatoms. The number of hydrogen-bond acceptors (Lipinski definition) is 5. The number of ketones is 1. The van der Waals surface area contributed by atoms with Crippen molar-refractivity contribution in [3.8, 4) is 11.3 Å². The molecule has 49 heavy (non-hydrogen) atoms. The zero-order valence-corrected chi connectivity index (χ0v) is 33.5. The number of rotatable bonds is 8. The van der Waals surface area contributed by atoms with Crippen LogP contribution in [0, 0.1) is 16.9 Å². The molecule has 0 atom stereocenters. The van der Waals surface area contributed by atoms with E-state index in [-0.39, 0.29) is 47.9 Å². The second-order valence-corrected chi connectivity index (χ2v) is 15.5. The van der Waals surface area contributed by atoms with Gasteiger partial charge in [0, 0.05) is 57.5 Å². The fourth-order valence-electron chi connectivity index (χ4n) is 6.08. The maximum absolute atomic E-state index is 12.2. The van der Waals surface area contributed by atoms with E-state index < -0.39 is 0 Å². The Morgan fingerprint density at radius 2 is 1.49 bits per heavy atom. The third-order valence-corrected chi connectivity index (χ3v) is 11.8. The summed E-state index contributed by atoms with van der Waals surface area (Å²) in [4.78, 5) is 21.6. The standard InChI is InChI=1S/C28H21N2S.C15H28O2.Ir/c1-28(2,3)19-12-13-20-18(15-19)8-6-10-22(20)25-27-26(30-16-29-25)24-21-9-5-4-7-17(21)11-14-23(24)31-27;1-7-14(5,8-2)12(16)11-13(17)15(6,9-3)10-4;/h4-9,11-16H,1-3H3;11,16H,7-10H2,1-6H3;/q-1;;/b;12-11-;. The van der Waals surface area contributed by atoms with E-state index in [1.54, 1.807) is 17.7 Å². The minimum atomic E-state index is -0.337. The van der Waals surface area contributed by atoms with Crippen LogP contribution in [0.25, 0.3) is 53.1 Å². The van der Waals surface area contributed by atoms with E-state index in [9.17, 15) is 9.90 Å². The molecule has 0 aliphatic heterocycles. The minimum absolute atomic E-state index is 0. The molecule has 1 N–H and O–H groups in total. The Morgan fingerprint density at radius 1 is 0.816 bits per heavy atom. The molecule has 0 spiro atoms. The molecule has 0 saturated carbocycles. The van der Waals surface area contributed by atoms with Crippen molar-refractivity contribution in [1.82, 2.24) is 9.97 Å². The molecule has 6 aromatic rings. The quantitative estimate of drug-likeness (QED) is 0.0941. The zero-order chi connectivity index (χ0) is 34.9. The monoisotopic (exact) mass is 850 g/mol. The summed E-state index contributed by atoms with van der Waals surface area (Å²) in [6.07, 6.45) is 6.45. The van der Waals surface area contributed by atoms with Crippen molar-refractivity contribution in [2.75, 3.05) is 0 Å². The topological polar surface area (TPSA) is 63.1 Å². The molecule has 0 aliphatic carbocycles. The predicted molar refractivity (Wildman–Crippen MR) is 206 cm³/mol. The summed E-state index contributed by atoms with van der Waals surface area (Å²) in [6.45, 7) is 18.8. The normalized spacial score (nSPS) is 12.6. The number of nitrogens with zero attached hydrogens (tertiary/aromatic N) is 2. The molecule has 6 rings (SSSR count). The van der Waals surface area contributed by atoms with Gasteiger partial charge >= 0.3 is 0 Å². The SMILES string of the molecule is CC(C)(C)c1ccc2c(-c3ncnc4c3sc3ccc5ccccc5c34)[c-]ccc2c1.CCC(C)(CC)C(=O)/C=C(\O)C(C)(CC)CC.[Ir]. The molecule has 4 nitrogen and oxygen atoms in total. The van der Waals surface area contributed by atoms with E-state index in [0.29, 0.717) is 0 Å². The maximum atomic E-state index is 12.2. The second-order valence-electron chi connectivity index (χ2n) is 14.5. The van der Waals surface area contributed by atoms with Gasteiger partial charge in [-0.05, 0) is 53.5 Å². The first-order valence-corrected chi connectivity index (χ1v) is 18.1. The Bertz CT molecular complexity index is 2130. The van der Waals surface area contributed by atoms with Crippen molar-refractivity contribution in [2.24, 2.45) is 10.8 Å². The Balaban J connectivity index is 0.000000260. The number of aliphatic hydroxyl groups excluding tert-OH is 1. The smallest absolute Gasteiger partial charge is 0.164 e. The number of benzene rings is 4. The number of hydrogen-bond donors (Lipinski definition) is 1. The van der Waals surface area contributed by atoms with Crippen LogP contribution < -0.4 is 0 Å². The Morgan fingerprint density at radius 3 is 2.14 bits per heavy atom. The second kappa shape index (κ2) is 15.2. The van der Waals surface area contributed by atoms with E-state index in [1.807, 2.05) is 47.6 Å². The van der Waals surface area contributed by atoms with Crippen LogP contribution in [-0.4, -0.2) is 20.9 Å². The molecule has 0 amide bonds. The number of carbonyl (C=O) groups excluding carboxylic acids is 1. The van der Waals surface area contributed by atoms with Gasteiger partial charge in [-0.25, -0.2) is 4.98 Å². The van der Waals surface area contributed by atoms with Crippen LogP contribution >= 0.6 is 11.3 Å². The van der Waals surface area contributed by atoms with Crippen LogP contribution in [0.2, 0.25) is 0 Å². The molecule has 0 aliphatic rings. The molecule has 0 fully saturated rings. The molecule has 0 bridgehead atoms. The summed E-state index contributed by atoms with van der Waals surface area (Å²) >= 11 is 1.77. The van der Waals surface area contributed by atoms with Gasteiger partial charge in [0.25, 0.3) is 0 Å². The van der Waals surface area contributed by atoms with Crippen LogP contribution in [0.4, 0.5) is 0 Å². The first-order valence-electron chi connectivity index (χ1n) is 17.3. The summed E-state index contributed by atoms with van der Waals surface area (Å²) in [6, 6.07) is 27.3. The van der Waals surface area contributed by atoms with Crippen molar-refractivity contribution in [3.63, 3.8) is 0 Å². The third-order valence-electron chi connectivity index (χ3n) is 10.7. The molecule has 0 unspecified atom stereocenters. The number of aromatic nitrogens is 2. The van der Waals surface area contributed by atoms with Gasteiger partial charge in [-0.2, -0.15) is 0 Å². The molecule has 4 aromatic carbocycles. The average molecular weight is 850 g/mol. The van der Waals surface area contributed by atoms with Gasteiger partial charge in [0.05, 0.1) is 5.52 Å². The van der Waals surface area contributed by atoms with Crippen molar-refractivity contribution in [2.45, 2.75) is 93.4 Å². The number of allylic oxidation sites excluding steroid dienone is 2. The number of carbonyl (C=O) groups is 1. The van der Waals surface area contributed by atoms with Gasteiger partial charge in [0.1, 0.15) is 12.1 Å². The summed E-state index contributed by atoms with van der Waals surface area (Å²) < 4.78 is 2.36. The third kappa shape index (κ3) is 7.53. The minimum Gasteiger partial charge on any atom is -0.512 e. The van der Waals surface area contributed by atoms with Crippen LogP contribution in [-0.2, 0) is 30.3 Å². The summed E-state index contributed by atoms with van der Waals surface area (Å²) in [5.41, 5.74) is 3.87. The van der Waals surface area contributed by atoms with Crippen molar-refractivity contribution < 1.29 is 30.0 Å². The summed E-state index contributed by atoms with van der Waals surface area (Å²) in [5, 5.41) is 16.2. The van der Waals surface area contributed by atoms with E-state index in [2.05, 4.69) is 87.5 Å². The van der Waals surface area contributed by atoms with Crippen molar-refractivity contribution >= 4 is 59.0 Å². The van der Waals surface area contributed by atoms with Crippen molar-refractivity contribution in [3.05, 3.63) is 96.5 Å². The number of thiophene rings is 1. The van der Waals surface area contributed by atoms with Gasteiger partial charge in [-0.15, -0.1) is 40.5 Å². The Kier molecular flexibility index (Phi) is 11.9. The van der Waals surface area contributed by atoms with Gasteiger partial charge in [0.2, 0.25) is 0 Å². The first kappa shape index (κ1) is 38.4. The van der Waals surface area contributed by atoms with Crippen LogP contribution in [0.1, 0.15) is 93.6 Å². The van der Waals surface area contributed by atoms with E-state index in [1.165, 1.54) is 43.3 Å². The van der Waals surface area contributed by atoms with Crippen LogP contribution in [0.15, 0.2) is 84.9 Å². The largest absolute Gasteiger partial charge is 0.512 e. The molecule has 2 heterocycles. The predicted octanol–water partition coefficient (Wildman–Crippen LogP) is 12.6. The molecule has 259 valence electrons. The molecular weight excluding hydrogens is 801 g/mol.